The molecule has 0 radical (unpaired) electrons. The number of ether oxygens (including phenoxy) is 1. The molecule has 0 atom stereocenters. The van der Waals surface area contributed by atoms with Gasteiger partial charge in [0.2, 0.25) is 0 Å². The van der Waals surface area contributed by atoms with Gasteiger partial charge in [-0.05, 0) is 32.9 Å². The molecule has 21 heavy (non-hydrogen) atoms. The van der Waals surface area contributed by atoms with Gasteiger partial charge >= 0.3 is 5.97 Å². The summed E-state index contributed by atoms with van der Waals surface area (Å²) in [5.41, 5.74) is 9.20. The minimum atomic E-state index is -0.397. The molecule has 0 aliphatic heterocycles. The molecule has 0 fully saturated rings. The van der Waals surface area contributed by atoms with E-state index in [2.05, 4.69) is 10.5 Å². The van der Waals surface area contributed by atoms with Crippen LogP contribution in [0.5, 0.6) is 0 Å². The summed E-state index contributed by atoms with van der Waals surface area (Å²) in [7, 11) is 0. The molecule has 0 bridgehead atoms. The lowest BCUT2D eigenvalue weighted by atomic mass is 10.1. The zero-order chi connectivity index (χ0) is 15.4. The average Bonchev–Trinajstić information content (AvgIpc) is 2.77. The first kappa shape index (κ1) is 14.9. The van der Waals surface area contributed by atoms with Crippen molar-refractivity contribution in [1.82, 2.24) is 5.16 Å². The van der Waals surface area contributed by atoms with Crippen LogP contribution in [0, 0.1) is 13.8 Å². The number of nitrogens with two attached hydrogens (primary N) is 1. The standard InChI is InChI=1S/C15H19N3O3/c1-4-20-15(19)11-6-5-7-13(16)14(11)17-8-12-9(2)18-21-10(12)3/h5-7,17H,4,8,16H2,1-3H3. The molecule has 6 heteroatoms. The third-order valence-corrected chi connectivity index (χ3v) is 3.22. The molecule has 0 aliphatic rings. The maximum Gasteiger partial charge on any atom is 0.340 e. The van der Waals surface area contributed by atoms with E-state index in [1.165, 1.54) is 0 Å². The second-order valence-electron chi connectivity index (χ2n) is 4.65. The van der Waals surface area contributed by atoms with Crippen molar-refractivity contribution in [2.75, 3.05) is 17.7 Å². The molecule has 0 amide bonds. The fraction of sp³-hybridized carbons (Fsp3) is 0.333. The highest BCUT2D eigenvalue weighted by Crippen LogP contribution is 2.26. The number of benzene rings is 1. The number of nitrogens with zero attached hydrogens (tertiary/aromatic N) is 1. The molecule has 2 aromatic rings. The van der Waals surface area contributed by atoms with Crippen molar-refractivity contribution < 1.29 is 14.1 Å². The first-order valence-electron chi connectivity index (χ1n) is 6.75. The van der Waals surface area contributed by atoms with E-state index in [0.717, 1.165) is 17.0 Å². The van der Waals surface area contributed by atoms with E-state index in [1.807, 2.05) is 13.8 Å². The number of carbonyl (C=O) groups excluding carboxylic acids is 1. The Morgan fingerprint density at radius 3 is 2.81 bits per heavy atom. The van der Waals surface area contributed by atoms with Crippen molar-refractivity contribution in [3.05, 3.63) is 40.8 Å². The zero-order valence-corrected chi connectivity index (χ0v) is 12.4. The van der Waals surface area contributed by atoms with Crippen LogP contribution in [0.3, 0.4) is 0 Å². The van der Waals surface area contributed by atoms with Gasteiger partial charge in [0.1, 0.15) is 5.76 Å². The van der Waals surface area contributed by atoms with Crippen molar-refractivity contribution in [3.8, 4) is 0 Å². The highest BCUT2D eigenvalue weighted by molar-refractivity contribution is 5.98. The van der Waals surface area contributed by atoms with Crippen LogP contribution >= 0.6 is 0 Å². The van der Waals surface area contributed by atoms with E-state index in [4.69, 9.17) is 15.0 Å². The first-order valence-corrected chi connectivity index (χ1v) is 6.75. The molecule has 0 spiro atoms. The minimum Gasteiger partial charge on any atom is -0.462 e. The molecule has 0 unspecified atom stereocenters. The third-order valence-electron chi connectivity index (χ3n) is 3.22. The lowest BCUT2D eigenvalue weighted by Gasteiger charge is -2.13. The molecular weight excluding hydrogens is 270 g/mol. The number of nitrogens with one attached hydrogen (secondary N) is 1. The van der Waals surface area contributed by atoms with Crippen molar-refractivity contribution >= 4 is 17.3 Å². The van der Waals surface area contributed by atoms with Crippen molar-refractivity contribution in [3.63, 3.8) is 0 Å². The van der Waals surface area contributed by atoms with Gasteiger partial charge in [-0.3, -0.25) is 0 Å². The molecule has 6 nitrogen and oxygen atoms in total. The minimum absolute atomic E-state index is 0.316. The van der Waals surface area contributed by atoms with Crippen LogP contribution in [0.15, 0.2) is 22.7 Å². The van der Waals surface area contributed by atoms with E-state index >= 15 is 0 Å². The maximum atomic E-state index is 12.0. The maximum absolute atomic E-state index is 12.0. The van der Waals surface area contributed by atoms with Gasteiger partial charge in [-0.1, -0.05) is 11.2 Å². The highest BCUT2D eigenvalue weighted by Gasteiger charge is 2.16. The normalized spacial score (nSPS) is 10.4. The summed E-state index contributed by atoms with van der Waals surface area (Å²) < 4.78 is 10.2. The Kier molecular flexibility index (Phi) is 4.47. The highest BCUT2D eigenvalue weighted by atomic mass is 16.5. The summed E-state index contributed by atoms with van der Waals surface area (Å²) in [4.78, 5) is 12.0. The molecule has 2 rings (SSSR count). The predicted molar refractivity (Wildman–Crippen MR) is 80.1 cm³/mol. The van der Waals surface area contributed by atoms with E-state index in [0.29, 0.717) is 30.1 Å². The molecule has 1 aromatic heterocycles. The van der Waals surface area contributed by atoms with Crippen LogP contribution in [0.1, 0.15) is 34.3 Å². The van der Waals surface area contributed by atoms with Crippen LogP contribution in [0.2, 0.25) is 0 Å². The van der Waals surface area contributed by atoms with Crippen molar-refractivity contribution in [1.29, 1.82) is 0 Å². The lowest BCUT2D eigenvalue weighted by molar-refractivity contribution is 0.0527. The molecule has 3 N–H and O–H groups in total. The van der Waals surface area contributed by atoms with Gasteiger partial charge in [-0.2, -0.15) is 0 Å². The fourth-order valence-corrected chi connectivity index (χ4v) is 2.08. The van der Waals surface area contributed by atoms with E-state index in [9.17, 15) is 4.79 Å². The summed E-state index contributed by atoms with van der Waals surface area (Å²) in [6.07, 6.45) is 0. The average molecular weight is 289 g/mol. The number of hydrogen-bond acceptors (Lipinski definition) is 6. The quantitative estimate of drug-likeness (QED) is 0.649. The second-order valence-corrected chi connectivity index (χ2v) is 4.65. The summed E-state index contributed by atoms with van der Waals surface area (Å²) in [6.45, 7) is 6.27. The fourth-order valence-electron chi connectivity index (χ4n) is 2.08. The van der Waals surface area contributed by atoms with Crippen LogP contribution in [0.25, 0.3) is 0 Å². The van der Waals surface area contributed by atoms with E-state index in [1.54, 1.807) is 25.1 Å². The zero-order valence-electron chi connectivity index (χ0n) is 12.4. The Morgan fingerprint density at radius 1 is 1.43 bits per heavy atom. The lowest BCUT2D eigenvalue weighted by Crippen LogP contribution is -2.12. The topological polar surface area (TPSA) is 90.4 Å². The smallest absolute Gasteiger partial charge is 0.340 e. The summed E-state index contributed by atoms with van der Waals surface area (Å²) >= 11 is 0. The number of hydrogen-bond donors (Lipinski definition) is 2. The molecule has 0 saturated carbocycles. The summed E-state index contributed by atoms with van der Waals surface area (Å²) in [5.74, 6) is 0.346. The van der Waals surface area contributed by atoms with Crippen molar-refractivity contribution in [2.24, 2.45) is 0 Å². The number of anilines is 2. The molecule has 112 valence electrons. The monoisotopic (exact) mass is 289 g/mol. The van der Waals surface area contributed by atoms with Crippen molar-refractivity contribution in [2.45, 2.75) is 27.3 Å². The van der Waals surface area contributed by atoms with Gasteiger partial charge in [-0.15, -0.1) is 0 Å². The Labute approximate surface area is 123 Å². The Balaban J connectivity index is 2.25. The van der Waals surface area contributed by atoms with Crippen LogP contribution in [0.4, 0.5) is 11.4 Å². The molecular formula is C15H19N3O3. The first-order chi connectivity index (χ1) is 10.0. The Bertz CT molecular complexity index is 630. The van der Waals surface area contributed by atoms with E-state index < -0.39 is 5.97 Å². The van der Waals surface area contributed by atoms with Crippen LogP contribution in [-0.4, -0.2) is 17.7 Å². The molecule has 1 heterocycles. The second kappa shape index (κ2) is 6.30. The van der Waals surface area contributed by atoms with Gasteiger partial charge in [0.05, 0.1) is 29.2 Å². The van der Waals surface area contributed by atoms with Gasteiger partial charge in [-0.25, -0.2) is 4.79 Å². The van der Waals surface area contributed by atoms with E-state index in [-0.39, 0.29) is 0 Å². The van der Waals surface area contributed by atoms with Crippen LogP contribution < -0.4 is 11.1 Å². The molecule has 0 aliphatic carbocycles. The summed E-state index contributed by atoms with van der Waals surface area (Å²) in [6, 6.07) is 5.14. The number of carbonyl (C=O) groups is 1. The Hall–Kier alpha value is -2.50. The number of aromatic nitrogens is 1. The van der Waals surface area contributed by atoms with Gasteiger partial charge < -0.3 is 20.3 Å². The van der Waals surface area contributed by atoms with Crippen LogP contribution in [-0.2, 0) is 11.3 Å². The number of esters is 1. The number of nitrogen functional groups attached to an aromatic ring is 1. The summed E-state index contributed by atoms with van der Waals surface area (Å²) in [5, 5.41) is 7.08. The molecule has 0 saturated heterocycles. The number of aryl methyl sites for hydroxylation is 2. The number of rotatable bonds is 5. The third kappa shape index (κ3) is 3.16. The Morgan fingerprint density at radius 2 is 2.19 bits per heavy atom. The number of para-hydroxylation sites is 1. The largest absolute Gasteiger partial charge is 0.462 e. The van der Waals surface area contributed by atoms with Gasteiger partial charge in [0, 0.05) is 12.1 Å². The molecule has 1 aromatic carbocycles. The predicted octanol–water partition coefficient (Wildman–Crippen LogP) is 2.66. The van der Waals surface area contributed by atoms with Gasteiger partial charge in [0.15, 0.2) is 0 Å². The SMILES string of the molecule is CCOC(=O)c1cccc(N)c1NCc1c(C)noc1C. The van der Waals surface area contributed by atoms with Gasteiger partial charge in [0.25, 0.3) is 0 Å².